The van der Waals surface area contributed by atoms with Crippen LogP contribution in [0.4, 0.5) is 0 Å². The average Bonchev–Trinajstić information content (AvgIpc) is 2.63. The molecule has 6 heteroatoms. The van der Waals surface area contributed by atoms with Gasteiger partial charge in [-0.1, -0.05) is 12.2 Å². The highest BCUT2D eigenvalue weighted by Crippen LogP contribution is 2.48. The predicted octanol–water partition coefficient (Wildman–Crippen LogP) is 0.964. The van der Waals surface area contributed by atoms with Gasteiger partial charge < -0.3 is 15.3 Å². The fraction of sp³-hybridized carbons (Fsp3) is 0.667. The second-order valence-corrected chi connectivity index (χ2v) is 5.75. The molecular formula is C15H23NO5. The number of hydroxylamine groups is 1. The SMILES string of the molecule is CC(O)C=CC1CC2=C(NOCCCC(=O)O)C[C@H]2C1O. The molecule has 2 aliphatic rings. The maximum absolute atomic E-state index is 10.4. The minimum atomic E-state index is -0.823. The lowest BCUT2D eigenvalue weighted by Gasteiger charge is -2.30. The van der Waals surface area contributed by atoms with E-state index < -0.39 is 18.2 Å². The largest absolute Gasteiger partial charge is 0.481 e. The molecule has 2 aliphatic carbocycles. The summed E-state index contributed by atoms with van der Waals surface area (Å²) in [5, 5.41) is 27.9. The number of aliphatic hydroxyl groups is 2. The molecule has 4 atom stereocenters. The normalized spacial score (nSPS) is 29.4. The lowest BCUT2D eigenvalue weighted by molar-refractivity contribution is -0.137. The number of aliphatic carboxylic acids is 1. The molecule has 3 unspecified atom stereocenters. The molecular weight excluding hydrogens is 274 g/mol. The van der Waals surface area contributed by atoms with Crippen molar-refractivity contribution in [2.24, 2.45) is 11.8 Å². The summed E-state index contributed by atoms with van der Waals surface area (Å²) in [6.07, 6.45) is 4.79. The average molecular weight is 297 g/mol. The van der Waals surface area contributed by atoms with E-state index in [1.54, 1.807) is 13.0 Å². The Bertz CT molecular complexity index is 443. The maximum atomic E-state index is 10.4. The van der Waals surface area contributed by atoms with Crippen LogP contribution in [-0.4, -0.2) is 40.1 Å². The summed E-state index contributed by atoms with van der Waals surface area (Å²) >= 11 is 0. The van der Waals surface area contributed by atoms with E-state index in [4.69, 9.17) is 9.94 Å². The first-order valence-corrected chi connectivity index (χ1v) is 7.35. The number of allylic oxidation sites excluding steroid dienone is 1. The van der Waals surface area contributed by atoms with E-state index in [1.165, 1.54) is 5.57 Å². The monoisotopic (exact) mass is 297 g/mol. The van der Waals surface area contributed by atoms with Gasteiger partial charge in [-0.05, 0) is 31.8 Å². The summed E-state index contributed by atoms with van der Waals surface area (Å²) in [5.41, 5.74) is 5.06. The molecule has 0 heterocycles. The first-order valence-electron chi connectivity index (χ1n) is 7.35. The summed E-state index contributed by atoms with van der Waals surface area (Å²) in [6.45, 7) is 2.03. The molecule has 0 amide bonds. The van der Waals surface area contributed by atoms with Crippen LogP contribution in [0.15, 0.2) is 23.4 Å². The molecule has 1 fully saturated rings. The van der Waals surface area contributed by atoms with Gasteiger partial charge in [0.25, 0.3) is 0 Å². The van der Waals surface area contributed by atoms with Gasteiger partial charge in [0, 0.05) is 24.0 Å². The highest BCUT2D eigenvalue weighted by molar-refractivity contribution is 5.66. The zero-order valence-electron chi connectivity index (χ0n) is 12.2. The van der Waals surface area contributed by atoms with Crippen molar-refractivity contribution in [2.75, 3.05) is 6.61 Å². The third kappa shape index (κ3) is 4.06. The highest BCUT2D eigenvalue weighted by atomic mass is 16.6. The molecule has 21 heavy (non-hydrogen) atoms. The smallest absolute Gasteiger partial charge is 0.303 e. The minimum absolute atomic E-state index is 0.0471. The van der Waals surface area contributed by atoms with Crippen LogP contribution in [-0.2, 0) is 9.63 Å². The summed E-state index contributed by atoms with van der Waals surface area (Å²) in [7, 11) is 0. The number of carboxylic acid groups (broad SMARTS) is 1. The van der Waals surface area contributed by atoms with Crippen LogP contribution in [0.25, 0.3) is 0 Å². The van der Waals surface area contributed by atoms with Gasteiger partial charge >= 0.3 is 5.97 Å². The molecule has 0 bridgehead atoms. The van der Waals surface area contributed by atoms with Crippen LogP contribution in [0, 0.1) is 11.8 Å². The van der Waals surface area contributed by atoms with E-state index in [0.29, 0.717) is 13.0 Å². The van der Waals surface area contributed by atoms with Gasteiger partial charge in [-0.15, -0.1) is 0 Å². The van der Waals surface area contributed by atoms with E-state index >= 15 is 0 Å². The molecule has 0 aromatic carbocycles. The summed E-state index contributed by atoms with van der Waals surface area (Å²) in [6, 6.07) is 0. The van der Waals surface area contributed by atoms with Crippen LogP contribution < -0.4 is 5.48 Å². The van der Waals surface area contributed by atoms with E-state index in [-0.39, 0.29) is 18.3 Å². The lowest BCUT2D eigenvalue weighted by atomic mass is 9.83. The van der Waals surface area contributed by atoms with Crippen molar-refractivity contribution in [3.05, 3.63) is 23.4 Å². The second-order valence-electron chi connectivity index (χ2n) is 5.75. The Morgan fingerprint density at radius 3 is 2.95 bits per heavy atom. The predicted molar refractivity (Wildman–Crippen MR) is 76.0 cm³/mol. The Kier molecular flexibility index (Phi) is 5.39. The third-order valence-corrected chi connectivity index (χ3v) is 4.04. The number of hydrogen-bond acceptors (Lipinski definition) is 5. The lowest BCUT2D eigenvalue weighted by Crippen LogP contribution is -2.32. The number of carboxylic acids is 1. The van der Waals surface area contributed by atoms with E-state index in [0.717, 1.165) is 18.5 Å². The van der Waals surface area contributed by atoms with Crippen molar-refractivity contribution in [3.8, 4) is 0 Å². The zero-order chi connectivity index (χ0) is 15.4. The van der Waals surface area contributed by atoms with Crippen molar-refractivity contribution < 1.29 is 25.0 Å². The Labute approximate surface area is 124 Å². The van der Waals surface area contributed by atoms with E-state index in [9.17, 15) is 15.0 Å². The molecule has 0 spiro atoms. The summed E-state index contributed by atoms with van der Waals surface area (Å²) < 4.78 is 0. The van der Waals surface area contributed by atoms with Gasteiger partial charge in [0.1, 0.15) is 0 Å². The number of fused-ring (bicyclic) bond motifs is 1. The fourth-order valence-corrected chi connectivity index (χ4v) is 2.87. The van der Waals surface area contributed by atoms with Crippen LogP contribution in [0.3, 0.4) is 0 Å². The molecule has 118 valence electrons. The number of nitrogens with one attached hydrogen (secondary N) is 1. The van der Waals surface area contributed by atoms with E-state index in [2.05, 4.69) is 5.48 Å². The Morgan fingerprint density at radius 1 is 1.52 bits per heavy atom. The van der Waals surface area contributed by atoms with Gasteiger partial charge in [0.2, 0.25) is 0 Å². The van der Waals surface area contributed by atoms with Gasteiger partial charge in [-0.2, -0.15) is 0 Å². The standard InChI is InChI=1S/C15H23NO5/c1-9(17)4-5-10-7-11-12(15(10)20)8-13(11)16-21-6-2-3-14(18)19/h4-5,9-10,12,15-17,20H,2-3,6-8H2,1H3,(H,18,19)/t9?,10?,12-,15?/m1/s1. The zero-order valence-corrected chi connectivity index (χ0v) is 12.2. The van der Waals surface area contributed by atoms with Gasteiger partial charge in [0.05, 0.1) is 18.8 Å². The molecule has 0 radical (unpaired) electrons. The Hall–Kier alpha value is -1.37. The fourth-order valence-electron chi connectivity index (χ4n) is 2.87. The van der Waals surface area contributed by atoms with Gasteiger partial charge in [-0.25, -0.2) is 0 Å². The van der Waals surface area contributed by atoms with Crippen LogP contribution in [0.5, 0.6) is 0 Å². The number of hydrogen-bond donors (Lipinski definition) is 4. The first kappa shape index (κ1) is 16.0. The molecule has 0 aliphatic heterocycles. The number of aliphatic hydroxyl groups excluding tert-OH is 2. The van der Waals surface area contributed by atoms with Crippen LogP contribution in [0.1, 0.15) is 32.6 Å². The van der Waals surface area contributed by atoms with Crippen LogP contribution in [0.2, 0.25) is 0 Å². The summed E-state index contributed by atoms with van der Waals surface area (Å²) in [5.74, 6) is -0.597. The quantitative estimate of drug-likeness (QED) is 0.303. The third-order valence-electron chi connectivity index (χ3n) is 4.04. The molecule has 0 aromatic heterocycles. The molecule has 1 saturated carbocycles. The van der Waals surface area contributed by atoms with Crippen molar-refractivity contribution in [2.45, 2.75) is 44.8 Å². The van der Waals surface area contributed by atoms with Crippen molar-refractivity contribution in [1.82, 2.24) is 5.48 Å². The van der Waals surface area contributed by atoms with Gasteiger partial charge in [0.15, 0.2) is 0 Å². The maximum Gasteiger partial charge on any atom is 0.303 e. The highest BCUT2D eigenvalue weighted by Gasteiger charge is 2.44. The van der Waals surface area contributed by atoms with Crippen LogP contribution >= 0.6 is 0 Å². The van der Waals surface area contributed by atoms with Crippen molar-refractivity contribution in [1.29, 1.82) is 0 Å². The van der Waals surface area contributed by atoms with E-state index in [1.807, 2.05) is 6.08 Å². The Morgan fingerprint density at radius 2 is 2.29 bits per heavy atom. The summed E-state index contributed by atoms with van der Waals surface area (Å²) in [4.78, 5) is 15.6. The van der Waals surface area contributed by atoms with Crippen molar-refractivity contribution >= 4 is 5.97 Å². The minimum Gasteiger partial charge on any atom is -0.481 e. The molecule has 0 aromatic rings. The van der Waals surface area contributed by atoms with Gasteiger partial charge in [-0.3, -0.25) is 15.1 Å². The second kappa shape index (κ2) is 7.06. The first-order chi connectivity index (χ1) is 9.99. The van der Waals surface area contributed by atoms with Crippen molar-refractivity contribution in [3.63, 3.8) is 0 Å². The Balaban J connectivity index is 1.77. The molecule has 6 nitrogen and oxygen atoms in total. The topological polar surface area (TPSA) is 99.0 Å². The molecule has 0 saturated heterocycles. The molecule has 4 N–H and O–H groups in total. The number of carbonyl (C=O) groups is 1. The molecule has 2 rings (SSSR count). The number of rotatable bonds is 8.